The Morgan fingerprint density at radius 3 is 2.71 bits per heavy atom. The van der Waals surface area contributed by atoms with Gasteiger partial charge in [0.2, 0.25) is 0 Å². The number of hydrogen-bond donors (Lipinski definition) is 1. The molecule has 1 unspecified atom stereocenters. The van der Waals surface area contributed by atoms with Crippen molar-refractivity contribution in [1.82, 2.24) is 5.32 Å². The van der Waals surface area contributed by atoms with Crippen molar-refractivity contribution >= 4 is 5.97 Å². The Kier molecular flexibility index (Phi) is 3.98. The van der Waals surface area contributed by atoms with Gasteiger partial charge in [0.25, 0.3) is 0 Å². The van der Waals surface area contributed by atoms with Gasteiger partial charge >= 0.3 is 5.97 Å². The number of carbonyl (C=O) groups excluding carboxylic acids is 1. The largest absolute Gasteiger partial charge is 0.497 e. The van der Waals surface area contributed by atoms with Crippen LogP contribution in [0.5, 0.6) is 5.75 Å². The molecular formula is C13H17NO3. The maximum absolute atomic E-state index is 11.8. The van der Waals surface area contributed by atoms with E-state index in [1.54, 1.807) is 31.4 Å². The number of piperidine rings is 1. The SMILES string of the molecule is COc1ccc(C(=O)OC2CCCNC2)cc1. The first-order valence-corrected chi connectivity index (χ1v) is 5.85. The molecule has 1 fully saturated rings. The van der Waals surface area contributed by atoms with Crippen LogP contribution in [0.2, 0.25) is 0 Å². The zero-order valence-corrected chi connectivity index (χ0v) is 9.94. The Labute approximate surface area is 101 Å². The van der Waals surface area contributed by atoms with E-state index in [0.29, 0.717) is 5.56 Å². The molecule has 0 spiro atoms. The minimum atomic E-state index is -0.263. The Bertz CT molecular complexity index is 369. The Morgan fingerprint density at radius 2 is 2.12 bits per heavy atom. The van der Waals surface area contributed by atoms with E-state index >= 15 is 0 Å². The summed E-state index contributed by atoms with van der Waals surface area (Å²) in [4.78, 5) is 11.8. The van der Waals surface area contributed by atoms with Crippen LogP contribution in [0, 0.1) is 0 Å². The molecule has 0 aromatic heterocycles. The summed E-state index contributed by atoms with van der Waals surface area (Å²) in [7, 11) is 1.60. The van der Waals surface area contributed by atoms with Crippen LogP contribution in [0.15, 0.2) is 24.3 Å². The van der Waals surface area contributed by atoms with Crippen molar-refractivity contribution in [2.75, 3.05) is 20.2 Å². The van der Waals surface area contributed by atoms with E-state index in [9.17, 15) is 4.79 Å². The normalized spacial score (nSPS) is 19.7. The van der Waals surface area contributed by atoms with Crippen molar-refractivity contribution in [2.45, 2.75) is 18.9 Å². The number of carbonyl (C=O) groups is 1. The van der Waals surface area contributed by atoms with E-state index in [-0.39, 0.29) is 12.1 Å². The zero-order valence-electron chi connectivity index (χ0n) is 9.94. The van der Waals surface area contributed by atoms with E-state index in [2.05, 4.69) is 5.32 Å². The molecule has 0 aliphatic carbocycles. The average molecular weight is 235 g/mol. The van der Waals surface area contributed by atoms with Gasteiger partial charge in [-0.05, 0) is 43.7 Å². The van der Waals surface area contributed by atoms with Crippen molar-refractivity contribution in [3.63, 3.8) is 0 Å². The van der Waals surface area contributed by atoms with Gasteiger partial charge in [-0.25, -0.2) is 4.79 Å². The van der Waals surface area contributed by atoms with E-state index in [1.165, 1.54) is 0 Å². The highest BCUT2D eigenvalue weighted by Crippen LogP contribution is 2.14. The second kappa shape index (κ2) is 5.68. The predicted octanol–water partition coefficient (Wildman–Crippen LogP) is 1.60. The molecule has 0 bridgehead atoms. The summed E-state index contributed by atoms with van der Waals surface area (Å²) in [5.74, 6) is 0.474. The highest BCUT2D eigenvalue weighted by molar-refractivity contribution is 5.89. The molecule has 1 aliphatic heterocycles. The third-order valence-corrected chi connectivity index (χ3v) is 2.85. The molecule has 92 valence electrons. The summed E-state index contributed by atoms with van der Waals surface area (Å²) in [5, 5.41) is 3.21. The third kappa shape index (κ3) is 3.20. The van der Waals surface area contributed by atoms with Gasteiger partial charge in [0.15, 0.2) is 0 Å². The first-order valence-electron chi connectivity index (χ1n) is 5.85. The molecule has 1 aromatic rings. The minimum Gasteiger partial charge on any atom is -0.497 e. The summed E-state index contributed by atoms with van der Waals surface area (Å²) in [5.41, 5.74) is 0.566. The molecule has 4 nitrogen and oxygen atoms in total. The van der Waals surface area contributed by atoms with Crippen molar-refractivity contribution in [1.29, 1.82) is 0 Å². The van der Waals surface area contributed by atoms with Crippen LogP contribution in [0.25, 0.3) is 0 Å². The molecule has 2 rings (SSSR count). The summed E-state index contributed by atoms with van der Waals surface area (Å²) in [6.07, 6.45) is 1.99. The maximum Gasteiger partial charge on any atom is 0.338 e. The first kappa shape index (κ1) is 11.9. The van der Waals surface area contributed by atoms with Gasteiger partial charge in [0.05, 0.1) is 12.7 Å². The topological polar surface area (TPSA) is 47.6 Å². The third-order valence-electron chi connectivity index (χ3n) is 2.85. The maximum atomic E-state index is 11.8. The number of esters is 1. The lowest BCUT2D eigenvalue weighted by atomic mass is 10.1. The molecule has 4 heteroatoms. The van der Waals surface area contributed by atoms with Crippen molar-refractivity contribution in [3.05, 3.63) is 29.8 Å². The van der Waals surface area contributed by atoms with Crippen LogP contribution in [-0.2, 0) is 4.74 Å². The molecular weight excluding hydrogens is 218 g/mol. The molecule has 1 atom stereocenters. The summed E-state index contributed by atoms with van der Waals surface area (Å²) in [6, 6.07) is 6.96. The summed E-state index contributed by atoms with van der Waals surface area (Å²) >= 11 is 0. The van der Waals surface area contributed by atoms with Gasteiger partial charge in [-0.2, -0.15) is 0 Å². The van der Waals surface area contributed by atoms with Gasteiger partial charge in [-0.1, -0.05) is 0 Å². The van der Waals surface area contributed by atoms with Gasteiger partial charge in [-0.3, -0.25) is 0 Å². The van der Waals surface area contributed by atoms with Crippen molar-refractivity contribution in [2.24, 2.45) is 0 Å². The number of ether oxygens (including phenoxy) is 2. The molecule has 0 saturated carbocycles. The Hall–Kier alpha value is -1.55. The van der Waals surface area contributed by atoms with Crippen LogP contribution in [0.1, 0.15) is 23.2 Å². The van der Waals surface area contributed by atoms with E-state index in [4.69, 9.17) is 9.47 Å². The monoisotopic (exact) mass is 235 g/mol. The fourth-order valence-electron chi connectivity index (χ4n) is 1.87. The van der Waals surface area contributed by atoms with Gasteiger partial charge < -0.3 is 14.8 Å². The smallest absolute Gasteiger partial charge is 0.338 e. The molecule has 1 aliphatic rings. The van der Waals surface area contributed by atoms with Crippen LogP contribution >= 0.6 is 0 Å². The van der Waals surface area contributed by atoms with Crippen LogP contribution < -0.4 is 10.1 Å². The van der Waals surface area contributed by atoms with Gasteiger partial charge in [0, 0.05) is 6.54 Å². The first-order chi connectivity index (χ1) is 8.29. The second-order valence-corrected chi connectivity index (χ2v) is 4.10. The number of methoxy groups -OCH3 is 1. The van der Waals surface area contributed by atoms with Gasteiger partial charge in [-0.15, -0.1) is 0 Å². The number of hydrogen-bond acceptors (Lipinski definition) is 4. The van der Waals surface area contributed by atoms with Crippen LogP contribution in [0.3, 0.4) is 0 Å². The number of benzene rings is 1. The lowest BCUT2D eigenvalue weighted by molar-refractivity contribution is 0.0245. The molecule has 1 aromatic carbocycles. The quantitative estimate of drug-likeness (QED) is 0.808. The molecule has 1 heterocycles. The Balaban J connectivity index is 1.93. The Morgan fingerprint density at radius 1 is 1.35 bits per heavy atom. The lowest BCUT2D eigenvalue weighted by Crippen LogP contribution is -2.36. The highest BCUT2D eigenvalue weighted by Gasteiger charge is 2.18. The van der Waals surface area contributed by atoms with Crippen molar-refractivity contribution in [3.8, 4) is 5.75 Å². The van der Waals surface area contributed by atoms with Gasteiger partial charge in [0.1, 0.15) is 11.9 Å². The highest BCUT2D eigenvalue weighted by atomic mass is 16.5. The van der Waals surface area contributed by atoms with E-state index in [1.807, 2.05) is 0 Å². The molecule has 1 saturated heterocycles. The molecule has 17 heavy (non-hydrogen) atoms. The standard InChI is InChI=1S/C13H17NO3/c1-16-11-6-4-10(5-7-11)13(15)17-12-3-2-8-14-9-12/h4-7,12,14H,2-3,8-9H2,1H3. The molecule has 0 amide bonds. The summed E-state index contributed by atoms with van der Waals surface area (Å²) < 4.78 is 10.4. The van der Waals surface area contributed by atoms with Crippen molar-refractivity contribution < 1.29 is 14.3 Å². The van der Waals surface area contributed by atoms with Crippen LogP contribution in [0.4, 0.5) is 0 Å². The zero-order chi connectivity index (χ0) is 12.1. The number of nitrogens with one attached hydrogen (secondary N) is 1. The number of rotatable bonds is 3. The fourth-order valence-corrected chi connectivity index (χ4v) is 1.87. The predicted molar refractivity (Wildman–Crippen MR) is 64.3 cm³/mol. The fraction of sp³-hybridized carbons (Fsp3) is 0.462. The average Bonchev–Trinajstić information content (AvgIpc) is 2.40. The summed E-state index contributed by atoms with van der Waals surface area (Å²) in [6.45, 7) is 1.76. The minimum absolute atomic E-state index is 0.00153. The molecule has 1 N–H and O–H groups in total. The molecule has 0 radical (unpaired) electrons. The second-order valence-electron chi connectivity index (χ2n) is 4.10. The lowest BCUT2D eigenvalue weighted by Gasteiger charge is -2.22. The van der Waals surface area contributed by atoms with E-state index < -0.39 is 0 Å². The van der Waals surface area contributed by atoms with E-state index in [0.717, 1.165) is 31.7 Å². The van der Waals surface area contributed by atoms with Crippen LogP contribution in [-0.4, -0.2) is 32.3 Å².